The van der Waals surface area contributed by atoms with Crippen LogP contribution in [0.25, 0.3) is 0 Å². The molecule has 0 fully saturated rings. The largest absolute Gasteiger partial charge is 0.472 e. The summed E-state index contributed by atoms with van der Waals surface area (Å²) in [7, 11) is -9.92. The molecule has 0 aliphatic heterocycles. The van der Waals surface area contributed by atoms with Crippen molar-refractivity contribution in [3.8, 4) is 0 Å². The predicted molar refractivity (Wildman–Crippen MR) is 404 cm³/mol. The van der Waals surface area contributed by atoms with Gasteiger partial charge in [-0.25, -0.2) is 9.13 Å². The Kier molecular flexibility index (Phi) is 67.8. The van der Waals surface area contributed by atoms with Crippen molar-refractivity contribution in [3.05, 3.63) is 0 Å². The summed E-state index contributed by atoms with van der Waals surface area (Å²) in [6, 6.07) is 0. The first-order valence-corrected chi connectivity index (χ1v) is 44.2. The topological polar surface area (TPSA) is 237 Å². The number of phosphoric acid groups is 2. The molecule has 0 radical (unpaired) electrons. The number of phosphoric ester groups is 2. The van der Waals surface area contributed by atoms with E-state index in [2.05, 4.69) is 55.4 Å². The van der Waals surface area contributed by atoms with Crippen LogP contribution < -0.4 is 0 Å². The van der Waals surface area contributed by atoms with Crippen molar-refractivity contribution in [2.45, 2.75) is 427 Å². The SMILES string of the molecule is CC(C)CCCCCCCCCCCCCCCCC(=O)O[C@H](COC(=O)CCCCCCCCCCCCCCCC(C)C)COP(=O)(O)OCC(O)COP(=O)(O)OC[C@@H](COC(=O)CCCCCCCCCC(C)C)OC(=O)CCCCCCCCCCCCCCCC(C)C. The summed E-state index contributed by atoms with van der Waals surface area (Å²) in [6.45, 7) is 14.2. The van der Waals surface area contributed by atoms with Gasteiger partial charge >= 0.3 is 39.5 Å². The van der Waals surface area contributed by atoms with Gasteiger partial charge in [0.15, 0.2) is 12.2 Å². The molecule has 0 aromatic heterocycles. The monoisotopic (exact) mass is 1450 g/mol. The van der Waals surface area contributed by atoms with E-state index in [0.717, 1.165) is 114 Å². The number of rotatable bonds is 77. The third-order valence-electron chi connectivity index (χ3n) is 18.6. The fraction of sp³-hybridized carbons (Fsp3) is 0.950. The zero-order valence-electron chi connectivity index (χ0n) is 65.1. The lowest BCUT2D eigenvalue weighted by Crippen LogP contribution is -2.30. The van der Waals surface area contributed by atoms with Gasteiger partial charge in [0.2, 0.25) is 0 Å². The molecule has 0 aromatic rings. The molecule has 17 nitrogen and oxygen atoms in total. The van der Waals surface area contributed by atoms with Gasteiger partial charge in [-0.1, -0.05) is 357 Å². The van der Waals surface area contributed by atoms with E-state index in [1.807, 2.05) is 0 Å². The summed E-state index contributed by atoms with van der Waals surface area (Å²) < 4.78 is 68.7. The second-order valence-corrected chi connectivity index (χ2v) is 33.6. The van der Waals surface area contributed by atoms with Crippen LogP contribution in [0.2, 0.25) is 0 Å². The molecule has 0 aromatic carbocycles. The van der Waals surface area contributed by atoms with Crippen LogP contribution in [-0.2, 0) is 65.4 Å². The van der Waals surface area contributed by atoms with Crippen LogP contribution in [0.5, 0.6) is 0 Å². The van der Waals surface area contributed by atoms with Crippen LogP contribution in [0.3, 0.4) is 0 Å². The molecule has 19 heteroatoms. The van der Waals surface area contributed by atoms with E-state index < -0.39 is 97.5 Å². The first kappa shape index (κ1) is 97.1. The van der Waals surface area contributed by atoms with Gasteiger partial charge in [0, 0.05) is 25.7 Å². The molecule has 3 N–H and O–H groups in total. The second kappa shape index (κ2) is 69.1. The summed E-state index contributed by atoms with van der Waals surface area (Å²) in [6.07, 6.45) is 55.5. The van der Waals surface area contributed by atoms with E-state index in [9.17, 15) is 43.2 Å². The molecule has 0 spiro atoms. The fourth-order valence-electron chi connectivity index (χ4n) is 12.3. The smallest absolute Gasteiger partial charge is 0.462 e. The Morgan fingerprint density at radius 1 is 0.253 bits per heavy atom. The minimum atomic E-state index is -4.96. The molecular weight excluding hydrogens is 1290 g/mol. The normalized spacial score (nSPS) is 14.1. The van der Waals surface area contributed by atoms with Gasteiger partial charge in [-0.3, -0.25) is 37.3 Å². The van der Waals surface area contributed by atoms with E-state index >= 15 is 0 Å². The average molecular weight is 1450 g/mol. The Morgan fingerprint density at radius 3 is 0.626 bits per heavy atom. The first-order valence-electron chi connectivity index (χ1n) is 41.2. The molecule has 0 rings (SSSR count). The lowest BCUT2D eigenvalue weighted by atomic mass is 10.0. The van der Waals surface area contributed by atoms with Gasteiger partial charge in [-0.05, 0) is 49.4 Å². The Labute approximate surface area is 607 Å². The number of ether oxygens (including phenoxy) is 4. The molecule has 99 heavy (non-hydrogen) atoms. The molecular formula is C80H156O17P2. The van der Waals surface area contributed by atoms with Crippen LogP contribution in [0.15, 0.2) is 0 Å². The maximum Gasteiger partial charge on any atom is 0.472 e. The molecule has 0 aliphatic rings. The summed E-state index contributed by atoms with van der Waals surface area (Å²) in [5, 5.41) is 10.6. The zero-order chi connectivity index (χ0) is 73.1. The van der Waals surface area contributed by atoms with Crippen molar-refractivity contribution in [1.82, 2.24) is 0 Å². The van der Waals surface area contributed by atoms with Crippen molar-refractivity contribution in [1.29, 1.82) is 0 Å². The number of carbonyl (C=O) groups excluding carboxylic acids is 4. The maximum absolute atomic E-state index is 13.1. The van der Waals surface area contributed by atoms with E-state index in [-0.39, 0.29) is 25.7 Å². The molecule has 5 atom stereocenters. The van der Waals surface area contributed by atoms with E-state index in [1.165, 1.54) is 205 Å². The zero-order valence-corrected chi connectivity index (χ0v) is 66.9. The molecule has 3 unspecified atom stereocenters. The van der Waals surface area contributed by atoms with Crippen molar-refractivity contribution in [2.24, 2.45) is 23.7 Å². The molecule has 0 saturated heterocycles. The Balaban J connectivity index is 5.25. The quantitative estimate of drug-likeness (QED) is 0.0222. The van der Waals surface area contributed by atoms with Gasteiger partial charge in [-0.2, -0.15) is 0 Å². The van der Waals surface area contributed by atoms with Crippen molar-refractivity contribution >= 4 is 39.5 Å². The lowest BCUT2D eigenvalue weighted by Gasteiger charge is -2.21. The van der Waals surface area contributed by atoms with Gasteiger partial charge in [-0.15, -0.1) is 0 Å². The Hall–Kier alpha value is -1.94. The highest BCUT2D eigenvalue weighted by Crippen LogP contribution is 2.45. The van der Waals surface area contributed by atoms with Gasteiger partial charge in [0.25, 0.3) is 0 Å². The summed E-state index contributed by atoms with van der Waals surface area (Å²) >= 11 is 0. The number of unbranched alkanes of at least 4 members (excludes halogenated alkanes) is 43. The van der Waals surface area contributed by atoms with Gasteiger partial charge in [0.1, 0.15) is 19.3 Å². The van der Waals surface area contributed by atoms with Crippen LogP contribution in [0, 0.1) is 23.7 Å². The standard InChI is InChI=1S/C80H156O17P2/c1-70(2)56-48-40-32-25-19-13-9-10-16-23-29-37-46-54-62-79(84)96-75(66-90-77(82)60-52-44-36-28-22-17-11-14-20-26-33-41-49-57-71(3)4)68-94-98(86,87)92-64-74(81)65-93-99(88,89)95-69-76(67-91-78(83)61-53-45-39-31-35-43-51-59-73(7)8)97-80(85)63-55-47-38-30-24-18-12-15-21-27-34-42-50-58-72(5)6/h70-76,81H,9-69H2,1-8H3,(H,86,87)(H,88,89)/t74?,75-,76-/m1/s1. The first-order chi connectivity index (χ1) is 47.6. The highest BCUT2D eigenvalue weighted by atomic mass is 31.2. The number of esters is 4. The molecule has 0 aliphatic carbocycles. The minimum absolute atomic E-state index is 0.106. The number of carbonyl (C=O) groups is 4. The molecule has 0 heterocycles. The fourth-order valence-corrected chi connectivity index (χ4v) is 13.8. The number of hydrogen-bond acceptors (Lipinski definition) is 15. The van der Waals surface area contributed by atoms with Crippen LogP contribution in [0.4, 0.5) is 0 Å². The summed E-state index contributed by atoms with van der Waals surface area (Å²) in [4.78, 5) is 73.0. The minimum Gasteiger partial charge on any atom is -0.462 e. The summed E-state index contributed by atoms with van der Waals surface area (Å²) in [5.41, 5.74) is 0. The maximum atomic E-state index is 13.1. The average Bonchev–Trinajstić information content (AvgIpc) is 1.08. The van der Waals surface area contributed by atoms with Gasteiger partial charge in [0.05, 0.1) is 26.4 Å². The second-order valence-electron chi connectivity index (χ2n) is 30.7. The van der Waals surface area contributed by atoms with Crippen molar-refractivity contribution < 1.29 is 80.2 Å². The summed E-state index contributed by atoms with van der Waals surface area (Å²) in [5.74, 6) is 0.963. The van der Waals surface area contributed by atoms with Crippen molar-refractivity contribution in [2.75, 3.05) is 39.6 Å². The van der Waals surface area contributed by atoms with E-state index in [0.29, 0.717) is 31.6 Å². The molecule has 0 bridgehead atoms. The predicted octanol–water partition coefficient (Wildman–Crippen LogP) is 23.6. The third-order valence-corrected chi connectivity index (χ3v) is 20.5. The Bertz CT molecular complexity index is 1940. The van der Waals surface area contributed by atoms with E-state index in [1.54, 1.807) is 0 Å². The van der Waals surface area contributed by atoms with Crippen LogP contribution in [-0.4, -0.2) is 96.7 Å². The van der Waals surface area contributed by atoms with Gasteiger partial charge < -0.3 is 33.8 Å². The van der Waals surface area contributed by atoms with Crippen LogP contribution in [0.1, 0.15) is 409 Å². The van der Waals surface area contributed by atoms with E-state index in [4.69, 9.17) is 37.0 Å². The highest BCUT2D eigenvalue weighted by Gasteiger charge is 2.30. The molecule has 0 saturated carbocycles. The Morgan fingerprint density at radius 2 is 0.424 bits per heavy atom. The third kappa shape index (κ3) is 74.1. The molecule has 0 amide bonds. The number of hydrogen-bond donors (Lipinski definition) is 3. The highest BCUT2D eigenvalue weighted by molar-refractivity contribution is 7.47. The number of aliphatic hydroxyl groups is 1. The lowest BCUT2D eigenvalue weighted by molar-refractivity contribution is -0.161. The number of aliphatic hydroxyl groups excluding tert-OH is 1. The van der Waals surface area contributed by atoms with Crippen LogP contribution >= 0.6 is 15.6 Å². The van der Waals surface area contributed by atoms with Crippen molar-refractivity contribution in [3.63, 3.8) is 0 Å². The molecule has 588 valence electrons.